The molecule has 8 nitrogen and oxygen atoms in total. The number of aryl methyl sites for hydroxylation is 2. The van der Waals surface area contributed by atoms with Crippen molar-refractivity contribution in [2.45, 2.75) is 39.8 Å². The lowest BCUT2D eigenvalue weighted by molar-refractivity contribution is -0.116. The predicted octanol–water partition coefficient (Wildman–Crippen LogP) is 5.50. The van der Waals surface area contributed by atoms with Gasteiger partial charge in [-0.3, -0.25) is 14.4 Å². The molecule has 2 aliphatic heterocycles. The number of cyclic esters (lactones) is 1. The number of aromatic nitrogens is 3. The van der Waals surface area contributed by atoms with Crippen LogP contribution < -0.4 is 5.32 Å². The number of carbonyl (C=O) groups is 2. The van der Waals surface area contributed by atoms with Crippen molar-refractivity contribution >= 4 is 46.2 Å². The zero-order valence-corrected chi connectivity index (χ0v) is 21.9. The van der Waals surface area contributed by atoms with Crippen molar-refractivity contribution in [3.8, 4) is 5.00 Å². The summed E-state index contributed by atoms with van der Waals surface area (Å²) in [7, 11) is 0. The maximum absolute atomic E-state index is 13.2. The van der Waals surface area contributed by atoms with E-state index in [1.165, 1.54) is 4.88 Å². The first-order chi connectivity index (χ1) is 17.8. The van der Waals surface area contributed by atoms with Crippen LogP contribution in [0.3, 0.4) is 0 Å². The highest BCUT2D eigenvalue weighted by Gasteiger charge is 2.32. The van der Waals surface area contributed by atoms with Gasteiger partial charge in [0.25, 0.3) is 0 Å². The zero-order valence-electron chi connectivity index (χ0n) is 20.3. The molecule has 10 heteroatoms. The lowest BCUT2D eigenvalue weighted by Gasteiger charge is -2.13. The van der Waals surface area contributed by atoms with E-state index >= 15 is 0 Å². The Morgan fingerprint density at radius 1 is 1.16 bits per heavy atom. The van der Waals surface area contributed by atoms with E-state index in [-0.39, 0.29) is 24.9 Å². The molecule has 0 saturated carbocycles. The summed E-state index contributed by atoms with van der Waals surface area (Å²) in [5.74, 6) is 0.786. The van der Waals surface area contributed by atoms with Crippen LogP contribution in [0.5, 0.6) is 0 Å². The minimum Gasteiger partial charge on any atom is -0.457 e. The van der Waals surface area contributed by atoms with Gasteiger partial charge in [0.15, 0.2) is 5.82 Å². The van der Waals surface area contributed by atoms with Gasteiger partial charge in [-0.1, -0.05) is 23.7 Å². The first-order valence-electron chi connectivity index (χ1n) is 11.8. The number of thiophene rings is 1. The molecule has 0 aliphatic carbocycles. The molecule has 0 bridgehead atoms. The van der Waals surface area contributed by atoms with Crippen molar-refractivity contribution in [2.75, 3.05) is 5.32 Å². The summed E-state index contributed by atoms with van der Waals surface area (Å²) in [6, 6.07) is 12.2. The first-order valence-corrected chi connectivity index (χ1v) is 13.0. The zero-order chi connectivity index (χ0) is 25.8. The summed E-state index contributed by atoms with van der Waals surface area (Å²) in [4.78, 5) is 31.3. The molecule has 2 aliphatic rings. The molecule has 4 aromatic rings. The second-order valence-corrected chi connectivity index (χ2v) is 10.7. The van der Waals surface area contributed by atoms with Gasteiger partial charge in [-0.15, -0.1) is 21.5 Å². The number of anilines is 1. The van der Waals surface area contributed by atoms with E-state index in [9.17, 15) is 9.59 Å². The van der Waals surface area contributed by atoms with E-state index in [0.29, 0.717) is 22.1 Å². The number of ether oxygens (including phenoxy) is 1. The Kier molecular flexibility index (Phi) is 5.69. The summed E-state index contributed by atoms with van der Waals surface area (Å²) >= 11 is 7.84. The quantitative estimate of drug-likeness (QED) is 0.351. The Hall–Kier alpha value is -3.82. The Bertz CT molecular complexity index is 1620. The molecule has 1 N–H and O–H groups in total. The molecule has 2 aromatic carbocycles. The standard InChI is InChI=1S/C27H22ClN5O3S/c1-13-14(2)37-26-23(13)24(16-4-6-18(28)7-5-16)30-21(25-32-31-15(3)33(25)26)11-22(34)29-19-8-9-20-17(10-19)12-36-27(20)35/h4-10,21H,11-12H2,1-3H3,(H,29,34)/t21-/m0/s1. The molecule has 6 rings (SSSR count). The van der Waals surface area contributed by atoms with Gasteiger partial charge in [0, 0.05) is 32.3 Å². The molecule has 1 amide bonds. The largest absolute Gasteiger partial charge is 0.457 e. The number of fused-ring (bicyclic) bond motifs is 4. The van der Waals surface area contributed by atoms with Crippen molar-refractivity contribution in [1.82, 2.24) is 14.8 Å². The number of esters is 1. The van der Waals surface area contributed by atoms with Gasteiger partial charge >= 0.3 is 5.97 Å². The summed E-state index contributed by atoms with van der Waals surface area (Å²) < 4.78 is 7.08. The maximum atomic E-state index is 13.2. The molecule has 1 atom stereocenters. The Labute approximate surface area is 222 Å². The number of benzene rings is 2. The molecule has 0 radical (unpaired) electrons. The van der Waals surface area contributed by atoms with Gasteiger partial charge in [0.2, 0.25) is 5.91 Å². The number of rotatable bonds is 4. The van der Waals surface area contributed by atoms with Gasteiger partial charge in [0.1, 0.15) is 23.5 Å². The predicted molar refractivity (Wildman–Crippen MR) is 142 cm³/mol. The van der Waals surface area contributed by atoms with E-state index in [4.69, 9.17) is 21.3 Å². The number of hydrogen-bond acceptors (Lipinski definition) is 7. The van der Waals surface area contributed by atoms with Crippen LogP contribution >= 0.6 is 22.9 Å². The summed E-state index contributed by atoms with van der Waals surface area (Å²) in [5.41, 5.74) is 5.74. The van der Waals surface area contributed by atoms with Crippen LogP contribution in [0.15, 0.2) is 47.5 Å². The summed E-state index contributed by atoms with van der Waals surface area (Å²) in [5, 5.41) is 13.4. The Balaban J connectivity index is 1.40. The molecule has 4 heterocycles. The van der Waals surface area contributed by atoms with E-state index in [1.807, 2.05) is 35.8 Å². The minimum absolute atomic E-state index is 0.0642. The third-order valence-electron chi connectivity index (χ3n) is 6.70. The molecule has 186 valence electrons. The lowest BCUT2D eigenvalue weighted by atomic mass is 9.99. The number of nitrogens with one attached hydrogen (secondary N) is 1. The highest BCUT2D eigenvalue weighted by atomic mass is 35.5. The Morgan fingerprint density at radius 2 is 1.95 bits per heavy atom. The third-order valence-corrected chi connectivity index (χ3v) is 8.15. The van der Waals surface area contributed by atoms with E-state index in [2.05, 4.69) is 29.4 Å². The fraction of sp³-hybridized carbons (Fsp3) is 0.222. The number of halogens is 1. The second kappa shape index (κ2) is 8.93. The van der Waals surface area contributed by atoms with E-state index < -0.39 is 6.04 Å². The van der Waals surface area contributed by atoms with Crippen molar-refractivity contribution in [3.05, 3.63) is 91.8 Å². The van der Waals surface area contributed by atoms with E-state index in [0.717, 1.165) is 38.8 Å². The molecule has 0 spiro atoms. The number of amides is 1. The molecule has 0 unspecified atom stereocenters. The highest BCUT2D eigenvalue weighted by molar-refractivity contribution is 7.15. The first kappa shape index (κ1) is 23.6. The average Bonchev–Trinajstić information content (AvgIpc) is 3.49. The minimum atomic E-state index is -0.564. The molecule has 2 aromatic heterocycles. The van der Waals surface area contributed by atoms with Crippen LogP contribution in [-0.4, -0.2) is 32.4 Å². The second-order valence-electron chi connectivity index (χ2n) is 9.10. The van der Waals surface area contributed by atoms with Crippen LogP contribution in [0, 0.1) is 20.8 Å². The monoisotopic (exact) mass is 531 g/mol. The number of hydrogen-bond donors (Lipinski definition) is 1. The van der Waals surface area contributed by atoms with Gasteiger partial charge in [-0.25, -0.2) is 4.79 Å². The van der Waals surface area contributed by atoms with Crippen LogP contribution in [0.4, 0.5) is 5.69 Å². The molecule has 0 fully saturated rings. The van der Waals surface area contributed by atoms with Gasteiger partial charge in [-0.05, 0) is 56.7 Å². The fourth-order valence-electron chi connectivity index (χ4n) is 4.73. The fourth-order valence-corrected chi connectivity index (χ4v) is 6.07. The van der Waals surface area contributed by atoms with Crippen LogP contribution in [0.25, 0.3) is 5.00 Å². The number of aliphatic imine (C=N–C) groups is 1. The van der Waals surface area contributed by atoms with E-state index in [1.54, 1.807) is 29.5 Å². The Morgan fingerprint density at radius 3 is 2.73 bits per heavy atom. The third kappa shape index (κ3) is 4.04. The average molecular weight is 532 g/mol. The lowest BCUT2D eigenvalue weighted by Crippen LogP contribution is -2.17. The smallest absolute Gasteiger partial charge is 0.338 e. The molecule has 37 heavy (non-hydrogen) atoms. The SMILES string of the molecule is Cc1sc2c(c1C)C(c1ccc(Cl)cc1)=N[C@@H](CC(=O)Nc1ccc3c(c1)COC3=O)c1nnc(C)n1-2. The van der Waals surface area contributed by atoms with Crippen molar-refractivity contribution in [1.29, 1.82) is 0 Å². The topological polar surface area (TPSA) is 98.5 Å². The van der Waals surface area contributed by atoms with Gasteiger partial charge in [-0.2, -0.15) is 0 Å². The van der Waals surface area contributed by atoms with Crippen LogP contribution in [0.2, 0.25) is 5.02 Å². The van der Waals surface area contributed by atoms with Crippen LogP contribution in [0.1, 0.15) is 61.6 Å². The molecular weight excluding hydrogens is 510 g/mol. The molecule has 0 saturated heterocycles. The number of carbonyl (C=O) groups excluding carboxylic acids is 2. The summed E-state index contributed by atoms with van der Waals surface area (Å²) in [6.45, 7) is 6.29. The summed E-state index contributed by atoms with van der Waals surface area (Å²) in [6.07, 6.45) is 0.0642. The van der Waals surface area contributed by atoms with Crippen molar-refractivity contribution < 1.29 is 14.3 Å². The number of nitrogens with zero attached hydrogens (tertiary/aromatic N) is 4. The van der Waals surface area contributed by atoms with Crippen molar-refractivity contribution in [2.24, 2.45) is 4.99 Å². The molecular formula is C27H22ClN5O3S. The van der Waals surface area contributed by atoms with Crippen molar-refractivity contribution in [3.63, 3.8) is 0 Å². The highest BCUT2D eigenvalue weighted by Crippen LogP contribution is 2.39. The van der Waals surface area contributed by atoms with Gasteiger partial charge in [0.05, 0.1) is 17.7 Å². The van der Waals surface area contributed by atoms with Gasteiger partial charge < -0.3 is 10.1 Å². The maximum Gasteiger partial charge on any atom is 0.338 e. The normalized spacial score (nSPS) is 15.8. The van der Waals surface area contributed by atoms with Crippen LogP contribution in [-0.2, 0) is 16.1 Å².